The summed E-state index contributed by atoms with van der Waals surface area (Å²) in [5.74, 6) is 1.35. The van der Waals surface area contributed by atoms with E-state index in [9.17, 15) is 4.39 Å². The molecule has 4 aromatic rings. The third-order valence-corrected chi connectivity index (χ3v) is 4.77. The number of aromatic nitrogens is 6. The zero-order chi connectivity index (χ0) is 18.4. The number of aryl methyl sites for hydroxylation is 1. The van der Waals surface area contributed by atoms with Crippen molar-refractivity contribution in [2.24, 2.45) is 0 Å². The highest BCUT2D eigenvalue weighted by Gasteiger charge is 2.28. The number of pyridine rings is 1. The number of nitrogens with zero attached hydrogens (tertiary/aromatic N) is 7. The molecule has 5 heterocycles. The predicted molar refractivity (Wildman–Crippen MR) is 94.5 cm³/mol. The Morgan fingerprint density at radius 3 is 2.96 bits per heavy atom. The van der Waals surface area contributed by atoms with Crippen LogP contribution in [-0.2, 0) is 0 Å². The first-order valence-corrected chi connectivity index (χ1v) is 8.71. The van der Waals surface area contributed by atoms with Gasteiger partial charge in [0.05, 0.1) is 18.4 Å². The van der Waals surface area contributed by atoms with Crippen LogP contribution in [0.5, 0.6) is 0 Å². The van der Waals surface area contributed by atoms with E-state index < -0.39 is 0 Å². The third-order valence-electron chi connectivity index (χ3n) is 4.77. The molecular weight excluding hydrogens is 349 g/mol. The molecule has 9 heteroatoms. The largest absolute Gasteiger partial charge is 0.421 e. The van der Waals surface area contributed by atoms with Crippen molar-refractivity contribution in [1.82, 2.24) is 29.8 Å². The first-order chi connectivity index (χ1) is 13.2. The Hall–Kier alpha value is -3.36. The summed E-state index contributed by atoms with van der Waals surface area (Å²) in [6, 6.07) is 3.49. The molecule has 0 saturated carbocycles. The molecule has 0 spiro atoms. The molecule has 4 aromatic heterocycles. The summed E-state index contributed by atoms with van der Waals surface area (Å²) in [6.07, 6.45) is 8.38. The fraction of sp³-hybridized carbons (Fsp3) is 0.278. The molecule has 1 aliphatic heterocycles. The molecule has 1 fully saturated rings. The van der Waals surface area contributed by atoms with Gasteiger partial charge in [-0.3, -0.25) is 4.98 Å². The highest BCUT2D eigenvalue weighted by atomic mass is 19.1. The molecule has 1 atom stereocenters. The van der Waals surface area contributed by atoms with Crippen molar-refractivity contribution in [3.8, 4) is 11.5 Å². The standard InChI is InChI=1S/C18H16FN7O/c1-11-23-24-18(27-11)14-10-21-26-6-4-16(22-17(14)26)25-5-2-3-15(25)12-7-13(19)9-20-8-12/h4,6-10,15H,2-3,5H2,1H3. The fourth-order valence-electron chi connectivity index (χ4n) is 3.57. The van der Waals surface area contributed by atoms with Crippen LogP contribution in [0, 0.1) is 12.7 Å². The zero-order valence-corrected chi connectivity index (χ0v) is 14.6. The van der Waals surface area contributed by atoms with Crippen molar-refractivity contribution >= 4 is 11.5 Å². The molecule has 0 amide bonds. The van der Waals surface area contributed by atoms with Crippen LogP contribution in [0.25, 0.3) is 17.1 Å². The molecular formula is C18H16FN7O. The number of hydrogen-bond acceptors (Lipinski definition) is 7. The van der Waals surface area contributed by atoms with Crippen molar-refractivity contribution in [3.63, 3.8) is 0 Å². The molecule has 136 valence electrons. The quantitative estimate of drug-likeness (QED) is 0.552. The van der Waals surface area contributed by atoms with Crippen molar-refractivity contribution in [3.05, 3.63) is 54.2 Å². The highest BCUT2D eigenvalue weighted by molar-refractivity contribution is 5.72. The maximum atomic E-state index is 13.6. The molecule has 1 aliphatic rings. The SMILES string of the molecule is Cc1nnc(-c2cnn3ccc(N4CCCC4c4cncc(F)c4)nc23)o1. The summed E-state index contributed by atoms with van der Waals surface area (Å²) in [5, 5.41) is 12.2. The van der Waals surface area contributed by atoms with Gasteiger partial charge in [0.2, 0.25) is 5.89 Å². The van der Waals surface area contributed by atoms with E-state index in [-0.39, 0.29) is 11.9 Å². The van der Waals surface area contributed by atoms with Gasteiger partial charge in [-0.05, 0) is 30.5 Å². The molecule has 8 nitrogen and oxygen atoms in total. The van der Waals surface area contributed by atoms with E-state index in [4.69, 9.17) is 9.40 Å². The average molecular weight is 365 g/mol. The third kappa shape index (κ3) is 2.71. The Balaban J connectivity index is 1.56. The topological polar surface area (TPSA) is 85.2 Å². The molecule has 0 aromatic carbocycles. The lowest BCUT2D eigenvalue weighted by molar-refractivity contribution is 0.533. The van der Waals surface area contributed by atoms with Gasteiger partial charge in [-0.2, -0.15) is 5.10 Å². The van der Waals surface area contributed by atoms with E-state index >= 15 is 0 Å². The first-order valence-electron chi connectivity index (χ1n) is 8.71. The second-order valence-electron chi connectivity index (χ2n) is 6.53. The number of fused-ring (bicyclic) bond motifs is 1. The maximum absolute atomic E-state index is 13.6. The predicted octanol–water partition coefficient (Wildman–Crippen LogP) is 2.96. The summed E-state index contributed by atoms with van der Waals surface area (Å²) < 4.78 is 20.8. The van der Waals surface area contributed by atoms with Gasteiger partial charge >= 0.3 is 0 Å². The van der Waals surface area contributed by atoms with E-state index in [2.05, 4.69) is 25.2 Å². The molecule has 0 radical (unpaired) electrons. The average Bonchev–Trinajstić information content (AvgIpc) is 3.40. The van der Waals surface area contributed by atoms with Crippen LogP contribution < -0.4 is 4.90 Å². The highest BCUT2D eigenvalue weighted by Crippen LogP contribution is 2.35. The molecule has 27 heavy (non-hydrogen) atoms. The van der Waals surface area contributed by atoms with Gasteiger partial charge < -0.3 is 9.32 Å². The maximum Gasteiger partial charge on any atom is 0.253 e. The van der Waals surface area contributed by atoms with Crippen LogP contribution in [0.3, 0.4) is 0 Å². The van der Waals surface area contributed by atoms with Crippen LogP contribution in [0.15, 0.2) is 41.3 Å². The Kier molecular flexibility index (Phi) is 3.59. The number of hydrogen-bond donors (Lipinski definition) is 0. The van der Waals surface area contributed by atoms with Gasteiger partial charge in [-0.25, -0.2) is 13.9 Å². The lowest BCUT2D eigenvalue weighted by Gasteiger charge is -2.26. The smallest absolute Gasteiger partial charge is 0.253 e. The molecule has 1 unspecified atom stereocenters. The van der Waals surface area contributed by atoms with Gasteiger partial charge in [-0.15, -0.1) is 10.2 Å². The molecule has 5 rings (SSSR count). The van der Waals surface area contributed by atoms with Crippen LogP contribution in [0.4, 0.5) is 10.2 Å². The van der Waals surface area contributed by atoms with Crippen LogP contribution in [0.2, 0.25) is 0 Å². The van der Waals surface area contributed by atoms with Gasteiger partial charge in [0, 0.05) is 25.9 Å². The Bertz CT molecular complexity index is 1120. The van der Waals surface area contributed by atoms with Crippen LogP contribution in [-0.4, -0.2) is 36.3 Å². The Labute approximate surface area is 153 Å². The van der Waals surface area contributed by atoms with Gasteiger partial charge in [-0.1, -0.05) is 0 Å². The minimum absolute atomic E-state index is 0.0418. The minimum Gasteiger partial charge on any atom is -0.421 e. The van der Waals surface area contributed by atoms with E-state index in [0.29, 0.717) is 23.0 Å². The molecule has 0 aliphatic carbocycles. The summed E-state index contributed by atoms with van der Waals surface area (Å²) in [6.45, 7) is 2.58. The lowest BCUT2D eigenvalue weighted by atomic mass is 10.1. The van der Waals surface area contributed by atoms with E-state index in [1.54, 1.807) is 29.9 Å². The van der Waals surface area contributed by atoms with Crippen molar-refractivity contribution in [1.29, 1.82) is 0 Å². The Morgan fingerprint density at radius 1 is 1.22 bits per heavy atom. The summed E-state index contributed by atoms with van der Waals surface area (Å²) in [5.41, 5.74) is 2.18. The number of rotatable bonds is 3. The monoisotopic (exact) mass is 365 g/mol. The second-order valence-corrected chi connectivity index (χ2v) is 6.53. The van der Waals surface area contributed by atoms with Gasteiger partial charge in [0.25, 0.3) is 5.89 Å². The second kappa shape index (κ2) is 6.11. The molecule has 0 N–H and O–H groups in total. The summed E-state index contributed by atoms with van der Waals surface area (Å²) >= 11 is 0. The van der Waals surface area contributed by atoms with Crippen LogP contribution >= 0.6 is 0 Å². The van der Waals surface area contributed by atoms with Crippen molar-refractivity contribution < 1.29 is 8.81 Å². The first kappa shape index (κ1) is 15.9. The van der Waals surface area contributed by atoms with E-state index in [1.165, 1.54) is 6.20 Å². The molecule has 0 bridgehead atoms. The van der Waals surface area contributed by atoms with E-state index in [1.807, 2.05) is 12.3 Å². The van der Waals surface area contributed by atoms with Crippen molar-refractivity contribution in [2.45, 2.75) is 25.8 Å². The van der Waals surface area contributed by atoms with Crippen LogP contribution in [0.1, 0.15) is 30.3 Å². The number of anilines is 1. The normalized spacial score (nSPS) is 17.1. The lowest BCUT2D eigenvalue weighted by Crippen LogP contribution is -2.24. The zero-order valence-electron chi connectivity index (χ0n) is 14.6. The minimum atomic E-state index is -0.326. The Morgan fingerprint density at radius 2 is 2.15 bits per heavy atom. The molecule has 1 saturated heterocycles. The van der Waals surface area contributed by atoms with E-state index in [0.717, 1.165) is 30.8 Å². The summed E-state index contributed by atoms with van der Waals surface area (Å²) in [4.78, 5) is 10.9. The van der Waals surface area contributed by atoms with Crippen molar-refractivity contribution in [2.75, 3.05) is 11.4 Å². The summed E-state index contributed by atoms with van der Waals surface area (Å²) in [7, 11) is 0. The van der Waals surface area contributed by atoms with Gasteiger partial charge in [0.1, 0.15) is 17.2 Å². The van der Waals surface area contributed by atoms with Gasteiger partial charge in [0.15, 0.2) is 5.65 Å². The number of halogens is 1. The fourth-order valence-corrected chi connectivity index (χ4v) is 3.57.